The summed E-state index contributed by atoms with van der Waals surface area (Å²) < 4.78 is 10.7. The SMILES string of the molecule is CCn1nnc([C@H]2O[C@@H](n3cnc4c(NCc5cccc(I)c5)nc(NCCc5cn(C)cn5)nc43)[C@H](O)[C@@H]2O)n1. The molecule has 4 aromatic heterocycles. The fourth-order valence-corrected chi connectivity index (χ4v) is 5.25. The average Bonchev–Trinajstić information content (AvgIpc) is 3.75. The summed E-state index contributed by atoms with van der Waals surface area (Å²) in [6.07, 6.45) is 1.40. The maximum Gasteiger partial charge on any atom is 0.226 e. The number of rotatable bonds is 10. The van der Waals surface area contributed by atoms with Crippen LogP contribution in [0.1, 0.15) is 36.3 Å². The van der Waals surface area contributed by atoms with E-state index in [2.05, 4.69) is 64.7 Å². The number of benzene rings is 1. The molecule has 5 heterocycles. The van der Waals surface area contributed by atoms with Gasteiger partial charge in [-0.3, -0.25) is 4.57 Å². The number of aromatic nitrogens is 10. The normalized spacial score (nSPS) is 20.6. The first kappa shape index (κ1) is 27.4. The number of halogens is 1. The number of aliphatic hydroxyl groups is 2. The Morgan fingerprint density at radius 3 is 2.73 bits per heavy atom. The van der Waals surface area contributed by atoms with Gasteiger partial charge < -0.3 is 30.2 Å². The lowest BCUT2D eigenvalue weighted by atomic mass is 10.1. The van der Waals surface area contributed by atoms with Crippen LogP contribution in [-0.2, 0) is 31.3 Å². The van der Waals surface area contributed by atoms with Crippen LogP contribution in [0.3, 0.4) is 0 Å². The first-order valence-electron chi connectivity index (χ1n) is 13.1. The average molecular weight is 672 g/mol. The first-order chi connectivity index (χ1) is 19.9. The van der Waals surface area contributed by atoms with Gasteiger partial charge in [0.1, 0.15) is 12.2 Å². The van der Waals surface area contributed by atoms with Crippen LogP contribution >= 0.6 is 22.6 Å². The minimum absolute atomic E-state index is 0.191. The Hall–Kier alpha value is -3.74. The van der Waals surface area contributed by atoms with Gasteiger partial charge in [0, 0.05) is 36.3 Å². The van der Waals surface area contributed by atoms with Crippen LogP contribution in [0.4, 0.5) is 11.8 Å². The van der Waals surface area contributed by atoms with E-state index in [1.807, 2.05) is 42.9 Å². The summed E-state index contributed by atoms with van der Waals surface area (Å²) in [7, 11) is 1.93. The van der Waals surface area contributed by atoms with Crippen LogP contribution in [0.2, 0.25) is 0 Å². The van der Waals surface area contributed by atoms with E-state index in [4.69, 9.17) is 14.7 Å². The van der Waals surface area contributed by atoms with Crippen LogP contribution in [0.25, 0.3) is 11.2 Å². The predicted octanol–water partition coefficient (Wildman–Crippen LogP) is 1.43. The number of hydrogen-bond acceptors (Lipinski definition) is 12. The Morgan fingerprint density at radius 1 is 1.10 bits per heavy atom. The van der Waals surface area contributed by atoms with Gasteiger partial charge in [-0.05, 0) is 52.4 Å². The van der Waals surface area contributed by atoms with Gasteiger partial charge in [-0.2, -0.15) is 14.8 Å². The van der Waals surface area contributed by atoms with Crippen LogP contribution in [0, 0.1) is 3.57 Å². The van der Waals surface area contributed by atoms with E-state index in [0.717, 1.165) is 14.8 Å². The molecule has 0 radical (unpaired) electrons. The molecule has 0 spiro atoms. The highest BCUT2D eigenvalue weighted by atomic mass is 127. The van der Waals surface area contributed by atoms with E-state index in [1.165, 1.54) is 11.1 Å². The quantitative estimate of drug-likeness (QED) is 0.157. The molecule has 1 saturated heterocycles. The van der Waals surface area contributed by atoms with Crippen molar-refractivity contribution in [3.63, 3.8) is 0 Å². The molecule has 41 heavy (non-hydrogen) atoms. The molecule has 16 heteroatoms. The van der Waals surface area contributed by atoms with Crippen LogP contribution in [0.5, 0.6) is 0 Å². The summed E-state index contributed by atoms with van der Waals surface area (Å²) in [5.74, 6) is 1.08. The topological polar surface area (TPSA) is 179 Å². The van der Waals surface area contributed by atoms with Crippen LogP contribution in [-0.4, -0.2) is 78.2 Å². The van der Waals surface area contributed by atoms with Crippen molar-refractivity contribution in [1.82, 2.24) is 49.3 Å². The van der Waals surface area contributed by atoms with Crippen molar-refractivity contribution in [3.8, 4) is 0 Å². The molecule has 15 nitrogen and oxygen atoms in total. The number of anilines is 2. The minimum atomic E-state index is -1.29. The largest absolute Gasteiger partial charge is 0.387 e. The second-order valence-electron chi connectivity index (χ2n) is 9.68. The number of nitrogens with one attached hydrogen (secondary N) is 2. The van der Waals surface area contributed by atoms with Crippen molar-refractivity contribution in [1.29, 1.82) is 0 Å². The van der Waals surface area contributed by atoms with Gasteiger partial charge in [-0.15, -0.1) is 10.2 Å². The number of hydrogen-bond donors (Lipinski definition) is 4. The number of aryl methyl sites for hydroxylation is 2. The molecule has 1 aromatic carbocycles. The zero-order chi connectivity index (χ0) is 28.5. The summed E-state index contributed by atoms with van der Waals surface area (Å²) in [4.78, 5) is 19.7. The monoisotopic (exact) mass is 672 g/mol. The number of fused-ring (bicyclic) bond motifs is 1. The smallest absolute Gasteiger partial charge is 0.226 e. The second-order valence-corrected chi connectivity index (χ2v) is 10.9. The molecule has 214 valence electrons. The lowest BCUT2D eigenvalue weighted by Gasteiger charge is -2.17. The molecule has 0 bridgehead atoms. The van der Waals surface area contributed by atoms with Gasteiger partial charge in [0.25, 0.3) is 0 Å². The fraction of sp³-hybridized carbons (Fsp3) is 0.400. The molecular weight excluding hydrogens is 643 g/mol. The van der Waals surface area contributed by atoms with Gasteiger partial charge in [-0.1, -0.05) is 12.1 Å². The third-order valence-corrected chi connectivity index (χ3v) is 7.38. The van der Waals surface area contributed by atoms with Crippen molar-refractivity contribution < 1.29 is 14.9 Å². The summed E-state index contributed by atoms with van der Waals surface area (Å²) in [6, 6.07) is 8.15. The molecule has 1 aliphatic rings. The summed E-state index contributed by atoms with van der Waals surface area (Å²) >= 11 is 2.28. The Balaban J connectivity index is 1.30. The number of tetrazole rings is 1. The molecule has 1 fully saturated rings. The second kappa shape index (κ2) is 11.6. The lowest BCUT2D eigenvalue weighted by Crippen LogP contribution is -2.29. The fourth-order valence-electron chi connectivity index (χ4n) is 4.64. The lowest BCUT2D eigenvalue weighted by molar-refractivity contribution is -0.0384. The van der Waals surface area contributed by atoms with E-state index in [9.17, 15) is 10.2 Å². The third kappa shape index (κ3) is 5.72. The standard InChI is InChI=1S/C25H29IN12O3/c1-3-38-34-22(33-35-38)20-18(39)19(40)24(41-20)37-13-30-17-21(28-10-14-5-4-6-15(26)9-14)31-25(32-23(17)37)27-8-7-16-11-36(2)12-29-16/h4-6,9,11-13,18-20,24,39-40H,3,7-8,10H2,1-2H3,(H2,27,28,31,32)/t18-,19+,20-,24+/m0/s1. The number of nitrogens with zero attached hydrogens (tertiary/aromatic N) is 10. The van der Waals surface area contributed by atoms with Gasteiger partial charge in [-0.25, -0.2) is 9.97 Å². The maximum atomic E-state index is 11.0. The molecule has 0 amide bonds. The highest BCUT2D eigenvalue weighted by molar-refractivity contribution is 14.1. The number of aliphatic hydroxyl groups excluding tert-OH is 2. The zero-order valence-corrected chi connectivity index (χ0v) is 24.5. The molecule has 4 N–H and O–H groups in total. The summed E-state index contributed by atoms with van der Waals surface area (Å²) in [5, 5.41) is 40.6. The summed E-state index contributed by atoms with van der Waals surface area (Å²) in [5.41, 5.74) is 2.95. The molecule has 0 unspecified atom stereocenters. The molecule has 4 atom stereocenters. The Morgan fingerprint density at radius 2 is 1.98 bits per heavy atom. The molecule has 5 aromatic rings. The molecule has 6 rings (SSSR count). The Labute approximate surface area is 248 Å². The predicted molar refractivity (Wildman–Crippen MR) is 156 cm³/mol. The minimum Gasteiger partial charge on any atom is -0.387 e. The highest BCUT2D eigenvalue weighted by Gasteiger charge is 2.47. The first-order valence-corrected chi connectivity index (χ1v) is 14.2. The van der Waals surface area contributed by atoms with Gasteiger partial charge in [0.15, 0.2) is 29.3 Å². The zero-order valence-electron chi connectivity index (χ0n) is 22.3. The molecule has 0 saturated carbocycles. The van der Waals surface area contributed by atoms with Gasteiger partial charge in [0.05, 0.1) is 24.9 Å². The van der Waals surface area contributed by atoms with Gasteiger partial charge >= 0.3 is 0 Å². The number of imidazole rings is 2. The van der Waals surface area contributed by atoms with E-state index in [0.29, 0.717) is 49.0 Å². The molecule has 1 aliphatic heterocycles. The van der Waals surface area contributed by atoms with Crippen molar-refractivity contribution in [2.45, 2.75) is 51.0 Å². The van der Waals surface area contributed by atoms with Crippen LogP contribution in [0.15, 0.2) is 43.1 Å². The van der Waals surface area contributed by atoms with E-state index >= 15 is 0 Å². The van der Waals surface area contributed by atoms with Crippen molar-refractivity contribution >= 4 is 45.5 Å². The van der Waals surface area contributed by atoms with Crippen LogP contribution < -0.4 is 10.6 Å². The maximum absolute atomic E-state index is 11.0. The van der Waals surface area contributed by atoms with E-state index < -0.39 is 24.5 Å². The molecule has 0 aliphatic carbocycles. The van der Waals surface area contributed by atoms with E-state index in [-0.39, 0.29) is 5.82 Å². The number of ether oxygens (including phenoxy) is 1. The Kier molecular flexibility index (Phi) is 7.78. The van der Waals surface area contributed by atoms with Crippen molar-refractivity contribution in [3.05, 3.63) is 63.8 Å². The molecular formula is C25H29IN12O3. The third-order valence-electron chi connectivity index (χ3n) is 6.71. The Bertz CT molecular complexity index is 1650. The van der Waals surface area contributed by atoms with Gasteiger partial charge in [0.2, 0.25) is 11.8 Å². The summed E-state index contributed by atoms with van der Waals surface area (Å²) in [6.45, 7) is 3.46. The van der Waals surface area contributed by atoms with E-state index in [1.54, 1.807) is 10.9 Å². The van der Waals surface area contributed by atoms with Crippen molar-refractivity contribution in [2.24, 2.45) is 7.05 Å². The highest BCUT2D eigenvalue weighted by Crippen LogP contribution is 2.39. The van der Waals surface area contributed by atoms with Crippen molar-refractivity contribution in [2.75, 3.05) is 17.2 Å².